The topological polar surface area (TPSA) is 62.6 Å². The van der Waals surface area contributed by atoms with E-state index in [-0.39, 0.29) is 36.3 Å². The number of anilines is 1. The highest BCUT2D eigenvalue weighted by molar-refractivity contribution is 5.91. The lowest BCUT2D eigenvalue weighted by Crippen LogP contribution is -3.15. The Bertz CT molecular complexity index is 591. The molecule has 0 radical (unpaired) electrons. The minimum Gasteiger partial charge on any atom is -0.348 e. The van der Waals surface area contributed by atoms with Crippen LogP contribution < -0.4 is 15.5 Å². The van der Waals surface area contributed by atoms with Crippen molar-refractivity contribution in [2.45, 2.75) is 51.6 Å². The van der Waals surface area contributed by atoms with Crippen LogP contribution >= 0.6 is 0 Å². The van der Waals surface area contributed by atoms with E-state index in [1.54, 1.807) is 0 Å². The van der Waals surface area contributed by atoms with Gasteiger partial charge in [-0.3, -0.25) is 9.59 Å². The summed E-state index contributed by atoms with van der Waals surface area (Å²) in [6, 6.07) is 5.56. The van der Waals surface area contributed by atoms with E-state index in [1.807, 2.05) is 14.0 Å². The smallest absolute Gasteiger partial charge is 0.279 e. The van der Waals surface area contributed by atoms with Crippen LogP contribution in [0.2, 0.25) is 0 Å². The highest BCUT2D eigenvalue weighted by Gasteiger charge is 2.29. The molecule has 1 aliphatic carbocycles. The lowest BCUT2D eigenvalue weighted by Gasteiger charge is -2.31. The number of hydrogen-bond acceptors (Lipinski definition) is 2. The Balaban J connectivity index is 1.81. The van der Waals surface area contributed by atoms with Gasteiger partial charge in [0.2, 0.25) is 0 Å². The molecule has 2 rings (SSSR count). The molecule has 1 saturated carbocycles. The van der Waals surface area contributed by atoms with E-state index in [0.717, 1.165) is 24.2 Å². The summed E-state index contributed by atoms with van der Waals surface area (Å²) in [6.45, 7) is 4.19. The fourth-order valence-electron chi connectivity index (χ4n) is 3.21. The molecule has 1 unspecified atom stereocenters. The van der Waals surface area contributed by atoms with Gasteiger partial charge in [0.15, 0.2) is 12.6 Å². The van der Waals surface area contributed by atoms with Crippen molar-refractivity contribution in [2.24, 2.45) is 5.92 Å². The molecule has 1 aliphatic rings. The maximum Gasteiger partial charge on any atom is 0.279 e. The van der Waals surface area contributed by atoms with Gasteiger partial charge >= 0.3 is 0 Å². The summed E-state index contributed by atoms with van der Waals surface area (Å²) in [5.41, 5.74) is 0.548. The largest absolute Gasteiger partial charge is 0.348 e. The zero-order chi connectivity index (χ0) is 18.4. The Morgan fingerprint density at radius 2 is 1.88 bits per heavy atom. The van der Waals surface area contributed by atoms with Crippen LogP contribution in [0.15, 0.2) is 24.3 Å². The second-order valence-corrected chi connectivity index (χ2v) is 7.18. The van der Waals surface area contributed by atoms with Gasteiger partial charge in [-0.15, -0.1) is 0 Å². The molecule has 1 aromatic rings. The number of carbonyl (C=O) groups excluding carboxylic acids is 2. The van der Waals surface area contributed by atoms with Gasteiger partial charge in [-0.25, -0.2) is 4.39 Å². The zero-order valence-electron chi connectivity index (χ0n) is 15.3. The quantitative estimate of drug-likeness (QED) is 0.725. The number of rotatable bonds is 6. The molecule has 0 aliphatic heterocycles. The van der Waals surface area contributed by atoms with Crippen LogP contribution in [-0.4, -0.2) is 37.5 Å². The van der Waals surface area contributed by atoms with Gasteiger partial charge in [0, 0.05) is 11.7 Å². The Morgan fingerprint density at radius 1 is 1.24 bits per heavy atom. The molecule has 4 atom stereocenters. The van der Waals surface area contributed by atoms with Crippen LogP contribution in [0.25, 0.3) is 0 Å². The van der Waals surface area contributed by atoms with Gasteiger partial charge < -0.3 is 15.5 Å². The second kappa shape index (κ2) is 8.94. The normalized spacial score (nSPS) is 22.7. The van der Waals surface area contributed by atoms with Gasteiger partial charge in [0.1, 0.15) is 5.82 Å². The van der Waals surface area contributed by atoms with Crippen LogP contribution in [0.1, 0.15) is 39.5 Å². The number of hydrogen-bond donors (Lipinski definition) is 3. The van der Waals surface area contributed by atoms with E-state index < -0.39 is 0 Å². The van der Waals surface area contributed by atoms with Crippen LogP contribution in [0.5, 0.6) is 0 Å². The Morgan fingerprint density at radius 3 is 2.52 bits per heavy atom. The van der Waals surface area contributed by atoms with Crippen molar-refractivity contribution in [3.63, 3.8) is 0 Å². The van der Waals surface area contributed by atoms with E-state index in [0.29, 0.717) is 11.6 Å². The van der Waals surface area contributed by atoms with Crippen LogP contribution in [0.4, 0.5) is 10.1 Å². The van der Waals surface area contributed by atoms with Gasteiger partial charge in [-0.2, -0.15) is 0 Å². The van der Waals surface area contributed by atoms with Gasteiger partial charge in [-0.1, -0.05) is 19.8 Å². The molecule has 0 saturated heterocycles. The van der Waals surface area contributed by atoms with E-state index in [4.69, 9.17) is 0 Å². The van der Waals surface area contributed by atoms with E-state index in [9.17, 15) is 14.0 Å². The molecule has 0 aromatic heterocycles. The second-order valence-electron chi connectivity index (χ2n) is 7.18. The summed E-state index contributed by atoms with van der Waals surface area (Å²) in [5.74, 6) is -0.0458. The van der Waals surface area contributed by atoms with E-state index >= 15 is 0 Å². The van der Waals surface area contributed by atoms with Crippen molar-refractivity contribution >= 4 is 17.5 Å². The van der Waals surface area contributed by atoms with Crippen molar-refractivity contribution < 1.29 is 18.9 Å². The number of carbonyl (C=O) groups is 2. The first-order valence-corrected chi connectivity index (χ1v) is 9.05. The molecule has 138 valence electrons. The first-order valence-electron chi connectivity index (χ1n) is 9.05. The Kier molecular flexibility index (Phi) is 6.93. The number of halogens is 1. The van der Waals surface area contributed by atoms with E-state index in [2.05, 4.69) is 17.6 Å². The van der Waals surface area contributed by atoms with Gasteiger partial charge in [0.05, 0.1) is 7.05 Å². The number of nitrogens with one attached hydrogen (secondary N) is 3. The van der Waals surface area contributed by atoms with Gasteiger partial charge in [0.25, 0.3) is 11.8 Å². The SMILES string of the molecule is C[C@H](C(=O)N[C@H]1CCCC[C@@H]1C)[NH+](C)CC(=O)Nc1ccc(F)cc1. The maximum atomic E-state index is 12.9. The third kappa shape index (κ3) is 5.81. The lowest BCUT2D eigenvalue weighted by atomic mass is 9.86. The van der Waals surface area contributed by atoms with E-state index in [1.165, 1.54) is 30.7 Å². The van der Waals surface area contributed by atoms with Crippen molar-refractivity contribution in [1.82, 2.24) is 5.32 Å². The molecule has 0 heterocycles. The molecule has 6 heteroatoms. The summed E-state index contributed by atoms with van der Waals surface area (Å²) < 4.78 is 12.9. The molecule has 0 spiro atoms. The number of amides is 2. The van der Waals surface area contributed by atoms with Crippen molar-refractivity contribution in [1.29, 1.82) is 0 Å². The van der Waals surface area contributed by atoms with Crippen molar-refractivity contribution in [3.05, 3.63) is 30.1 Å². The molecule has 5 nitrogen and oxygen atoms in total. The average Bonchev–Trinajstić information content (AvgIpc) is 2.58. The summed E-state index contributed by atoms with van der Waals surface area (Å²) in [4.78, 5) is 25.4. The molecule has 1 fully saturated rings. The lowest BCUT2D eigenvalue weighted by molar-refractivity contribution is -0.885. The molecular weight excluding hydrogens is 321 g/mol. The molecular formula is C19H29FN3O2+. The highest BCUT2D eigenvalue weighted by Crippen LogP contribution is 2.23. The summed E-state index contributed by atoms with van der Waals surface area (Å²) in [6.07, 6.45) is 4.58. The van der Waals surface area contributed by atoms with Crippen LogP contribution in [-0.2, 0) is 9.59 Å². The molecule has 25 heavy (non-hydrogen) atoms. The fraction of sp³-hybridized carbons (Fsp3) is 0.579. The minimum atomic E-state index is -0.344. The van der Waals surface area contributed by atoms with Crippen molar-refractivity contribution in [2.75, 3.05) is 18.9 Å². The minimum absolute atomic E-state index is 0.00849. The third-order valence-electron chi connectivity index (χ3n) is 5.14. The number of benzene rings is 1. The Labute approximate surface area is 149 Å². The van der Waals surface area contributed by atoms with Crippen LogP contribution in [0, 0.1) is 11.7 Å². The molecule has 2 amide bonds. The van der Waals surface area contributed by atoms with Crippen molar-refractivity contribution in [3.8, 4) is 0 Å². The zero-order valence-corrected chi connectivity index (χ0v) is 15.3. The fourth-order valence-corrected chi connectivity index (χ4v) is 3.21. The monoisotopic (exact) mass is 350 g/mol. The number of quaternary nitrogens is 1. The van der Waals surface area contributed by atoms with Gasteiger partial charge in [-0.05, 0) is 49.9 Å². The first-order chi connectivity index (χ1) is 11.9. The molecule has 1 aromatic carbocycles. The van der Waals surface area contributed by atoms with Crippen LogP contribution in [0.3, 0.4) is 0 Å². The predicted octanol–water partition coefficient (Wildman–Crippen LogP) is 1.36. The maximum absolute atomic E-state index is 12.9. The summed E-state index contributed by atoms with van der Waals surface area (Å²) >= 11 is 0. The molecule has 0 bridgehead atoms. The Hall–Kier alpha value is -1.95. The average molecular weight is 350 g/mol. The highest BCUT2D eigenvalue weighted by atomic mass is 19.1. The number of likely N-dealkylation sites (N-methyl/N-ethyl adjacent to an activating group) is 1. The molecule has 3 N–H and O–H groups in total. The third-order valence-corrected chi connectivity index (χ3v) is 5.14. The predicted molar refractivity (Wildman–Crippen MR) is 95.8 cm³/mol. The first kappa shape index (κ1) is 19.4. The summed E-state index contributed by atoms with van der Waals surface area (Å²) in [7, 11) is 1.83. The standard InChI is InChI=1S/C19H28FN3O2/c1-13-6-4-5-7-17(13)22-19(25)14(2)23(3)12-18(24)21-16-10-8-15(20)9-11-16/h8-11,13-14,17H,4-7,12H2,1-3H3,(H,21,24)(H,22,25)/p+1/t13-,14+,17-/m0/s1. The summed E-state index contributed by atoms with van der Waals surface area (Å²) in [5, 5.41) is 5.87.